The van der Waals surface area contributed by atoms with E-state index >= 15 is 0 Å². The van der Waals surface area contributed by atoms with Gasteiger partial charge in [-0.1, -0.05) is 6.07 Å². The molecule has 0 aliphatic carbocycles. The molecule has 2 aromatic heterocycles. The molecular weight excluding hydrogens is 294 g/mol. The maximum Gasteiger partial charge on any atom is 0.255 e. The standard InChI is InChI=1S/C17H19N3O3/c1-22-9-10-23-16-5-4-14-12-20(8-6-15(14)19-16)17(21)13-3-2-7-18-11-13/h2-5,7,11H,6,8-10,12H2,1H3. The summed E-state index contributed by atoms with van der Waals surface area (Å²) < 4.78 is 10.5. The molecule has 0 radical (unpaired) electrons. The Kier molecular flexibility index (Phi) is 4.83. The lowest BCUT2D eigenvalue weighted by Crippen LogP contribution is -2.36. The molecule has 3 rings (SSSR count). The van der Waals surface area contributed by atoms with Crippen molar-refractivity contribution in [3.05, 3.63) is 53.5 Å². The Labute approximate surface area is 135 Å². The summed E-state index contributed by atoms with van der Waals surface area (Å²) >= 11 is 0. The van der Waals surface area contributed by atoms with Crippen molar-refractivity contribution in [1.29, 1.82) is 0 Å². The molecule has 0 saturated carbocycles. The average molecular weight is 313 g/mol. The molecule has 0 spiro atoms. The molecule has 0 unspecified atom stereocenters. The van der Waals surface area contributed by atoms with Crippen LogP contribution in [0.5, 0.6) is 5.88 Å². The summed E-state index contributed by atoms with van der Waals surface area (Å²) in [4.78, 5) is 22.8. The minimum Gasteiger partial charge on any atom is -0.475 e. The normalized spacial score (nSPS) is 13.5. The Morgan fingerprint density at radius 1 is 1.30 bits per heavy atom. The van der Waals surface area contributed by atoms with E-state index in [9.17, 15) is 4.79 Å². The number of amides is 1. The van der Waals surface area contributed by atoms with E-state index in [1.165, 1.54) is 0 Å². The smallest absolute Gasteiger partial charge is 0.255 e. The fraction of sp³-hybridized carbons (Fsp3) is 0.353. The highest BCUT2D eigenvalue weighted by atomic mass is 16.5. The molecule has 2 aromatic rings. The number of nitrogens with zero attached hydrogens (tertiary/aromatic N) is 3. The van der Waals surface area contributed by atoms with Crippen molar-refractivity contribution < 1.29 is 14.3 Å². The molecule has 23 heavy (non-hydrogen) atoms. The van der Waals surface area contributed by atoms with Crippen molar-refractivity contribution in [2.24, 2.45) is 0 Å². The van der Waals surface area contributed by atoms with Crippen LogP contribution in [0.25, 0.3) is 0 Å². The lowest BCUT2D eigenvalue weighted by atomic mass is 10.0. The van der Waals surface area contributed by atoms with Gasteiger partial charge < -0.3 is 14.4 Å². The number of carbonyl (C=O) groups is 1. The molecule has 1 aliphatic rings. The molecule has 0 fully saturated rings. The average Bonchev–Trinajstić information content (AvgIpc) is 2.61. The van der Waals surface area contributed by atoms with Gasteiger partial charge >= 0.3 is 0 Å². The van der Waals surface area contributed by atoms with Crippen molar-refractivity contribution in [1.82, 2.24) is 14.9 Å². The van der Waals surface area contributed by atoms with Crippen LogP contribution < -0.4 is 4.74 Å². The highest BCUT2D eigenvalue weighted by Gasteiger charge is 2.23. The third-order valence-electron chi connectivity index (χ3n) is 3.76. The SMILES string of the molecule is COCCOc1ccc2c(n1)CCN(C(=O)c1cccnc1)C2. The number of fused-ring (bicyclic) bond motifs is 1. The second-order valence-corrected chi connectivity index (χ2v) is 5.31. The van der Waals surface area contributed by atoms with Gasteiger partial charge in [0.2, 0.25) is 5.88 Å². The number of methoxy groups -OCH3 is 1. The van der Waals surface area contributed by atoms with Crippen LogP contribution in [-0.4, -0.2) is 47.6 Å². The van der Waals surface area contributed by atoms with Gasteiger partial charge in [-0.15, -0.1) is 0 Å². The van der Waals surface area contributed by atoms with Gasteiger partial charge in [-0.05, 0) is 17.7 Å². The van der Waals surface area contributed by atoms with Crippen molar-refractivity contribution in [3.8, 4) is 5.88 Å². The number of hydrogen-bond acceptors (Lipinski definition) is 5. The number of aromatic nitrogens is 2. The molecule has 1 amide bonds. The van der Waals surface area contributed by atoms with E-state index in [2.05, 4.69) is 9.97 Å². The number of ether oxygens (including phenoxy) is 2. The van der Waals surface area contributed by atoms with E-state index in [0.29, 0.717) is 37.7 Å². The summed E-state index contributed by atoms with van der Waals surface area (Å²) in [7, 11) is 1.64. The van der Waals surface area contributed by atoms with Crippen LogP contribution in [0.3, 0.4) is 0 Å². The van der Waals surface area contributed by atoms with E-state index in [1.807, 2.05) is 17.0 Å². The topological polar surface area (TPSA) is 64.6 Å². The molecule has 6 heteroatoms. The Balaban J connectivity index is 1.68. The molecule has 0 aromatic carbocycles. The van der Waals surface area contributed by atoms with Crippen molar-refractivity contribution in [3.63, 3.8) is 0 Å². The van der Waals surface area contributed by atoms with E-state index < -0.39 is 0 Å². The van der Waals surface area contributed by atoms with E-state index in [0.717, 1.165) is 17.7 Å². The third kappa shape index (κ3) is 3.65. The van der Waals surface area contributed by atoms with Gasteiger partial charge in [0, 0.05) is 45.1 Å². The lowest BCUT2D eigenvalue weighted by Gasteiger charge is -2.28. The van der Waals surface area contributed by atoms with Crippen molar-refractivity contribution in [2.45, 2.75) is 13.0 Å². The largest absolute Gasteiger partial charge is 0.475 e. The maximum absolute atomic E-state index is 12.5. The van der Waals surface area contributed by atoms with E-state index in [4.69, 9.17) is 9.47 Å². The molecule has 0 bridgehead atoms. The van der Waals surface area contributed by atoms with Crippen molar-refractivity contribution in [2.75, 3.05) is 26.9 Å². The number of rotatable bonds is 5. The van der Waals surface area contributed by atoms with Crippen LogP contribution in [0.15, 0.2) is 36.7 Å². The van der Waals surface area contributed by atoms with E-state index in [-0.39, 0.29) is 5.91 Å². The van der Waals surface area contributed by atoms with Gasteiger partial charge in [-0.2, -0.15) is 0 Å². The van der Waals surface area contributed by atoms with Crippen LogP contribution in [0.2, 0.25) is 0 Å². The Hall–Kier alpha value is -2.47. The first-order chi connectivity index (χ1) is 11.3. The monoisotopic (exact) mass is 313 g/mol. The van der Waals surface area contributed by atoms with Crippen LogP contribution in [0.1, 0.15) is 21.6 Å². The quantitative estimate of drug-likeness (QED) is 0.786. The number of hydrogen-bond donors (Lipinski definition) is 0. The molecule has 0 atom stereocenters. The predicted octanol–water partition coefficient (Wildman–Crippen LogP) is 1.70. The fourth-order valence-electron chi connectivity index (χ4n) is 2.55. The summed E-state index contributed by atoms with van der Waals surface area (Å²) in [6.07, 6.45) is 3.99. The molecule has 1 aliphatic heterocycles. The zero-order valence-electron chi connectivity index (χ0n) is 13.1. The van der Waals surface area contributed by atoms with Crippen LogP contribution in [-0.2, 0) is 17.7 Å². The zero-order chi connectivity index (χ0) is 16.1. The molecule has 0 N–H and O–H groups in total. The van der Waals surface area contributed by atoms with Gasteiger partial charge in [0.15, 0.2) is 0 Å². The second-order valence-electron chi connectivity index (χ2n) is 5.31. The Bertz CT molecular complexity index is 676. The van der Waals surface area contributed by atoms with Gasteiger partial charge in [-0.3, -0.25) is 9.78 Å². The Morgan fingerprint density at radius 2 is 2.22 bits per heavy atom. The second kappa shape index (κ2) is 7.19. The van der Waals surface area contributed by atoms with Crippen LogP contribution in [0, 0.1) is 0 Å². The molecular formula is C17H19N3O3. The van der Waals surface area contributed by atoms with Gasteiger partial charge in [0.1, 0.15) is 6.61 Å². The minimum atomic E-state index is 0.00386. The third-order valence-corrected chi connectivity index (χ3v) is 3.76. The van der Waals surface area contributed by atoms with Crippen molar-refractivity contribution >= 4 is 5.91 Å². The zero-order valence-corrected chi connectivity index (χ0v) is 13.1. The summed E-state index contributed by atoms with van der Waals surface area (Å²) in [5.41, 5.74) is 2.67. The number of pyridine rings is 2. The molecule has 3 heterocycles. The minimum absolute atomic E-state index is 0.00386. The molecule has 6 nitrogen and oxygen atoms in total. The first kappa shape index (κ1) is 15.4. The highest BCUT2D eigenvalue weighted by Crippen LogP contribution is 2.21. The number of carbonyl (C=O) groups excluding carboxylic acids is 1. The molecule has 0 saturated heterocycles. The Morgan fingerprint density at radius 3 is 3.00 bits per heavy atom. The van der Waals surface area contributed by atoms with Gasteiger partial charge in [0.25, 0.3) is 5.91 Å². The van der Waals surface area contributed by atoms with Crippen LogP contribution >= 0.6 is 0 Å². The van der Waals surface area contributed by atoms with Crippen LogP contribution in [0.4, 0.5) is 0 Å². The summed E-state index contributed by atoms with van der Waals surface area (Å²) in [5, 5.41) is 0. The first-order valence-electron chi connectivity index (χ1n) is 7.58. The summed E-state index contributed by atoms with van der Waals surface area (Å²) in [6.45, 7) is 2.23. The fourth-order valence-corrected chi connectivity index (χ4v) is 2.55. The maximum atomic E-state index is 12.5. The predicted molar refractivity (Wildman–Crippen MR) is 84.3 cm³/mol. The summed E-state index contributed by atoms with van der Waals surface area (Å²) in [6, 6.07) is 7.38. The highest BCUT2D eigenvalue weighted by molar-refractivity contribution is 5.94. The first-order valence-corrected chi connectivity index (χ1v) is 7.58. The molecule has 120 valence electrons. The van der Waals surface area contributed by atoms with Gasteiger partial charge in [0.05, 0.1) is 17.9 Å². The van der Waals surface area contributed by atoms with Gasteiger partial charge in [-0.25, -0.2) is 4.98 Å². The lowest BCUT2D eigenvalue weighted by molar-refractivity contribution is 0.0732. The summed E-state index contributed by atoms with van der Waals surface area (Å²) in [5.74, 6) is 0.608. The van der Waals surface area contributed by atoms with E-state index in [1.54, 1.807) is 31.6 Å².